The summed E-state index contributed by atoms with van der Waals surface area (Å²) in [5, 5.41) is 3.44. The van der Waals surface area contributed by atoms with E-state index in [1.807, 2.05) is 18.2 Å². The molecule has 2 aromatic rings. The second-order valence-corrected chi connectivity index (χ2v) is 6.37. The van der Waals surface area contributed by atoms with E-state index in [1.54, 1.807) is 6.20 Å². The van der Waals surface area contributed by atoms with Crippen LogP contribution in [0.25, 0.3) is 11.5 Å². The van der Waals surface area contributed by atoms with Gasteiger partial charge in [0.2, 0.25) is 0 Å². The van der Waals surface area contributed by atoms with Gasteiger partial charge in [0.1, 0.15) is 11.5 Å². The van der Waals surface area contributed by atoms with Crippen LogP contribution in [-0.4, -0.2) is 20.5 Å². The number of anilines is 1. The highest BCUT2D eigenvalue weighted by atomic mass is 15.1. The minimum absolute atomic E-state index is 0.0173. The van der Waals surface area contributed by atoms with Gasteiger partial charge in [-0.2, -0.15) is 0 Å². The van der Waals surface area contributed by atoms with Crippen LogP contribution in [0, 0.1) is 0 Å². The van der Waals surface area contributed by atoms with Gasteiger partial charge in [-0.05, 0) is 45.7 Å². The summed E-state index contributed by atoms with van der Waals surface area (Å²) in [5.41, 5.74) is 1.94. The molecule has 0 spiro atoms. The maximum absolute atomic E-state index is 4.68. The molecule has 0 unspecified atom stereocenters. The molecular formula is C16H20N4. The van der Waals surface area contributed by atoms with Gasteiger partial charge in [-0.1, -0.05) is 6.07 Å². The van der Waals surface area contributed by atoms with E-state index in [2.05, 4.69) is 47.1 Å². The van der Waals surface area contributed by atoms with Gasteiger partial charge < -0.3 is 5.32 Å². The summed E-state index contributed by atoms with van der Waals surface area (Å²) in [5.74, 6) is 2.19. The number of nitrogens with one attached hydrogen (secondary N) is 1. The van der Waals surface area contributed by atoms with Gasteiger partial charge in [-0.15, -0.1) is 0 Å². The van der Waals surface area contributed by atoms with Crippen LogP contribution in [0.4, 0.5) is 5.82 Å². The highest BCUT2D eigenvalue weighted by Crippen LogP contribution is 2.40. The average molecular weight is 268 g/mol. The molecule has 0 aromatic carbocycles. The number of rotatable bonds is 3. The van der Waals surface area contributed by atoms with E-state index < -0.39 is 0 Å². The first kappa shape index (κ1) is 13.0. The normalized spacial score (nSPS) is 15.2. The Morgan fingerprint density at radius 2 is 1.95 bits per heavy atom. The zero-order valence-corrected chi connectivity index (χ0v) is 12.2. The van der Waals surface area contributed by atoms with Gasteiger partial charge in [0.05, 0.1) is 0 Å². The number of aromatic nitrogens is 3. The van der Waals surface area contributed by atoms with E-state index >= 15 is 0 Å². The van der Waals surface area contributed by atoms with Gasteiger partial charge in [0, 0.05) is 29.4 Å². The van der Waals surface area contributed by atoms with Crippen LogP contribution < -0.4 is 5.32 Å². The van der Waals surface area contributed by atoms with Crippen LogP contribution in [0.1, 0.15) is 45.2 Å². The topological polar surface area (TPSA) is 50.7 Å². The smallest absolute Gasteiger partial charge is 0.180 e. The van der Waals surface area contributed by atoms with E-state index in [9.17, 15) is 0 Å². The fourth-order valence-corrected chi connectivity index (χ4v) is 2.11. The summed E-state index contributed by atoms with van der Waals surface area (Å²) < 4.78 is 0. The minimum Gasteiger partial charge on any atom is -0.365 e. The van der Waals surface area contributed by atoms with Crippen LogP contribution in [0.15, 0.2) is 30.5 Å². The molecule has 0 atom stereocenters. The molecule has 0 aliphatic heterocycles. The van der Waals surface area contributed by atoms with Crippen LogP contribution >= 0.6 is 0 Å². The highest BCUT2D eigenvalue weighted by Gasteiger charge is 2.27. The first-order valence-corrected chi connectivity index (χ1v) is 7.10. The lowest BCUT2D eigenvalue weighted by Gasteiger charge is -2.22. The van der Waals surface area contributed by atoms with Crippen molar-refractivity contribution >= 4 is 5.82 Å². The lowest BCUT2D eigenvalue weighted by molar-refractivity contribution is 0.629. The molecule has 0 amide bonds. The second kappa shape index (κ2) is 4.85. The zero-order valence-electron chi connectivity index (χ0n) is 12.2. The fraction of sp³-hybridized carbons (Fsp3) is 0.438. The van der Waals surface area contributed by atoms with E-state index in [4.69, 9.17) is 0 Å². The molecule has 4 heteroatoms. The molecule has 0 saturated heterocycles. The number of nitrogens with zero attached hydrogens (tertiary/aromatic N) is 3. The molecular weight excluding hydrogens is 248 g/mol. The first-order chi connectivity index (χ1) is 9.51. The van der Waals surface area contributed by atoms with Crippen LogP contribution in [0.5, 0.6) is 0 Å². The van der Waals surface area contributed by atoms with Crippen molar-refractivity contribution in [3.8, 4) is 11.5 Å². The molecule has 1 aliphatic rings. The predicted octanol–water partition coefficient (Wildman–Crippen LogP) is 3.63. The second-order valence-electron chi connectivity index (χ2n) is 6.37. The Balaban J connectivity index is 2.01. The minimum atomic E-state index is -0.0173. The molecule has 2 aromatic heterocycles. The number of pyridine rings is 1. The van der Waals surface area contributed by atoms with Gasteiger partial charge in [0.25, 0.3) is 0 Å². The maximum atomic E-state index is 4.68. The quantitative estimate of drug-likeness (QED) is 0.923. The SMILES string of the molecule is CC(C)(C)Nc1cc(C2CC2)nc(-c2ccccn2)n1. The molecule has 1 fully saturated rings. The van der Waals surface area contributed by atoms with Gasteiger partial charge in [0.15, 0.2) is 5.82 Å². The van der Waals surface area contributed by atoms with Crippen molar-refractivity contribution in [3.05, 3.63) is 36.2 Å². The largest absolute Gasteiger partial charge is 0.365 e. The van der Waals surface area contributed by atoms with E-state index in [0.717, 1.165) is 17.2 Å². The molecule has 3 rings (SSSR count). The Morgan fingerprint density at radius 1 is 1.15 bits per heavy atom. The molecule has 2 heterocycles. The van der Waals surface area contributed by atoms with Gasteiger partial charge in [-0.3, -0.25) is 4.98 Å². The summed E-state index contributed by atoms with van der Waals surface area (Å²) in [6.45, 7) is 6.39. The summed E-state index contributed by atoms with van der Waals surface area (Å²) in [4.78, 5) is 13.7. The Kier molecular flexibility index (Phi) is 3.16. The van der Waals surface area contributed by atoms with Crippen molar-refractivity contribution in [2.45, 2.75) is 45.1 Å². The molecule has 4 nitrogen and oxygen atoms in total. The standard InChI is InChI=1S/C16H20N4/c1-16(2,3)20-14-10-13(11-7-8-11)18-15(19-14)12-6-4-5-9-17-12/h4-6,9-11H,7-8H2,1-3H3,(H,18,19,20). The predicted molar refractivity (Wildman–Crippen MR) is 80.6 cm³/mol. The molecule has 104 valence electrons. The van der Waals surface area contributed by atoms with Crippen LogP contribution in [0.3, 0.4) is 0 Å². The Bertz CT molecular complexity index is 598. The van der Waals surface area contributed by atoms with Crippen molar-refractivity contribution in [1.29, 1.82) is 0 Å². The van der Waals surface area contributed by atoms with E-state index in [0.29, 0.717) is 11.7 Å². The van der Waals surface area contributed by atoms with Crippen molar-refractivity contribution in [3.63, 3.8) is 0 Å². The summed E-state index contributed by atoms with van der Waals surface area (Å²) in [6, 6.07) is 7.90. The van der Waals surface area contributed by atoms with Crippen LogP contribution in [0.2, 0.25) is 0 Å². The van der Waals surface area contributed by atoms with Crippen molar-refractivity contribution in [2.75, 3.05) is 5.32 Å². The molecule has 20 heavy (non-hydrogen) atoms. The van der Waals surface area contributed by atoms with Crippen molar-refractivity contribution in [2.24, 2.45) is 0 Å². The third kappa shape index (κ3) is 3.13. The summed E-state index contributed by atoms with van der Waals surface area (Å²) in [7, 11) is 0. The average Bonchev–Trinajstić information content (AvgIpc) is 3.21. The molecule has 0 bridgehead atoms. The van der Waals surface area contributed by atoms with Crippen molar-refractivity contribution < 1.29 is 0 Å². The third-order valence-corrected chi connectivity index (χ3v) is 3.14. The zero-order chi connectivity index (χ0) is 14.2. The first-order valence-electron chi connectivity index (χ1n) is 7.10. The number of hydrogen-bond donors (Lipinski definition) is 1. The van der Waals surface area contributed by atoms with Gasteiger partial charge >= 0.3 is 0 Å². The Hall–Kier alpha value is -1.97. The Labute approximate surface area is 119 Å². The van der Waals surface area contributed by atoms with E-state index in [-0.39, 0.29) is 5.54 Å². The molecule has 0 radical (unpaired) electrons. The monoisotopic (exact) mass is 268 g/mol. The van der Waals surface area contributed by atoms with Crippen molar-refractivity contribution in [1.82, 2.24) is 15.0 Å². The lowest BCUT2D eigenvalue weighted by atomic mass is 10.1. The lowest BCUT2D eigenvalue weighted by Crippen LogP contribution is -2.27. The summed E-state index contributed by atoms with van der Waals surface area (Å²) >= 11 is 0. The van der Waals surface area contributed by atoms with Gasteiger partial charge in [-0.25, -0.2) is 9.97 Å². The maximum Gasteiger partial charge on any atom is 0.180 e. The molecule has 1 N–H and O–H groups in total. The summed E-state index contributed by atoms with van der Waals surface area (Å²) in [6.07, 6.45) is 4.24. The third-order valence-electron chi connectivity index (χ3n) is 3.14. The number of hydrogen-bond acceptors (Lipinski definition) is 4. The molecule has 1 aliphatic carbocycles. The Morgan fingerprint density at radius 3 is 2.55 bits per heavy atom. The van der Waals surface area contributed by atoms with Crippen LogP contribution in [-0.2, 0) is 0 Å². The fourth-order valence-electron chi connectivity index (χ4n) is 2.11. The van der Waals surface area contributed by atoms with E-state index in [1.165, 1.54) is 12.8 Å². The molecule has 1 saturated carbocycles. The highest BCUT2D eigenvalue weighted by molar-refractivity contribution is 5.54.